The normalized spacial score (nSPS) is 18.5. The molecular formula is C25H29FN6O3. The van der Waals surface area contributed by atoms with Crippen LogP contribution in [0.5, 0.6) is 0 Å². The average molecular weight is 481 g/mol. The maximum Gasteiger partial charge on any atom is 0.255 e. The molecule has 0 spiro atoms. The number of alkyl halides is 1. The summed E-state index contributed by atoms with van der Waals surface area (Å²) in [6, 6.07) is 9.46. The van der Waals surface area contributed by atoms with Crippen molar-refractivity contribution in [2.45, 2.75) is 44.5 Å². The van der Waals surface area contributed by atoms with Crippen LogP contribution in [0.15, 0.2) is 36.7 Å². The monoisotopic (exact) mass is 480 g/mol. The van der Waals surface area contributed by atoms with Crippen molar-refractivity contribution < 1.29 is 19.0 Å². The van der Waals surface area contributed by atoms with Crippen molar-refractivity contribution in [3.05, 3.63) is 47.8 Å². The summed E-state index contributed by atoms with van der Waals surface area (Å²) in [5.74, 6) is -0.0220. The highest BCUT2D eigenvalue weighted by molar-refractivity contribution is 6.00. The lowest BCUT2D eigenvalue weighted by molar-refractivity contribution is -0.00177. The van der Waals surface area contributed by atoms with Crippen LogP contribution in [0.4, 0.5) is 10.1 Å². The van der Waals surface area contributed by atoms with Gasteiger partial charge in [-0.25, -0.2) is 8.91 Å². The molecule has 35 heavy (non-hydrogen) atoms. The van der Waals surface area contributed by atoms with E-state index in [1.54, 1.807) is 23.8 Å². The minimum Gasteiger partial charge on any atom is -0.387 e. The lowest BCUT2D eigenvalue weighted by Gasteiger charge is -2.36. The molecule has 0 bridgehead atoms. The molecule has 3 aromatic heterocycles. The number of rotatable bonds is 9. The molecule has 4 rings (SSSR count). The van der Waals surface area contributed by atoms with Gasteiger partial charge in [-0.05, 0) is 56.9 Å². The van der Waals surface area contributed by atoms with Crippen LogP contribution in [0.1, 0.15) is 42.6 Å². The van der Waals surface area contributed by atoms with E-state index < -0.39 is 17.7 Å². The minimum absolute atomic E-state index is 0.169. The highest BCUT2D eigenvalue weighted by atomic mass is 19.1. The van der Waals surface area contributed by atoms with Gasteiger partial charge >= 0.3 is 0 Å². The van der Waals surface area contributed by atoms with Crippen LogP contribution in [-0.2, 0) is 4.74 Å². The topological polar surface area (TPSA) is 125 Å². The van der Waals surface area contributed by atoms with Crippen molar-refractivity contribution in [2.75, 3.05) is 25.6 Å². The summed E-state index contributed by atoms with van der Waals surface area (Å²) in [5.41, 5.74) is 1.80. The van der Waals surface area contributed by atoms with Gasteiger partial charge in [0.2, 0.25) is 0 Å². The van der Waals surface area contributed by atoms with Gasteiger partial charge in [0.15, 0.2) is 0 Å². The maximum absolute atomic E-state index is 14.2. The number of halogens is 1. The molecule has 0 radical (unpaired) electrons. The second kappa shape index (κ2) is 9.98. The molecule has 1 aliphatic rings. The second-order valence-corrected chi connectivity index (χ2v) is 9.49. The molecule has 0 aliphatic heterocycles. The third-order valence-corrected chi connectivity index (χ3v) is 6.25. The summed E-state index contributed by atoms with van der Waals surface area (Å²) in [5, 5.41) is 29.3. The lowest BCUT2D eigenvalue weighted by atomic mass is 9.80. The number of nitrogens with one attached hydrogen (secondary N) is 2. The van der Waals surface area contributed by atoms with E-state index in [0.717, 1.165) is 18.4 Å². The van der Waals surface area contributed by atoms with Gasteiger partial charge in [-0.15, -0.1) is 0 Å². The molecule has 1 amide bonds. The number of hydrogen-bond acceptors (Lipinski definition) is 7. The Morgan fingerprint density at radius 3 is 2.83 bits per heavy atom. The number of carbonyl (C=O) groups excluding carboxylic acids is 1. The zero-order valence-corrected chi connectivity index (χ0v) is 20.0. The van der Waals surface area contributed by atoms with E-state index in [0.29, 0.717) is 35.2 Å². The van der Waals surface area contributed by atoms with Crippen molar-refractivity contribution in [3.63, 3.8) is 0 Å². The number of aliphatic hydroxyl groups is 1. The Hall–Kier alpha value is -3.55. The van der Waals surface area contributed by atoms with E-state index in [2.05, 4.69) is 26.8 Å². The number of aromatic nitrogens is 3. The summed E-state index contributed by atoms with van der Waals surface area (Å²) in [6.07, 6.45) is 3.14. The Balaban J connectivity index is 1.62. The third kappa shape index (κ3) is 5.42. The fourth-order valence-electron chi connectivity index (χ4n) is 4.12. The first-order chi connectivity index (χ1) is 16.7. The number of nitrogens with zero attached hydrogens (tertiary/aromatic N) is 4. The maximum atomic E-state index is 14.2. The first-order valence-corrected chi connectivity index (χ1v) is 11.5. The average Bonchev–Trinajstić information content (AvgIpc) is 3.23. The Morgan fingerprint density at radius 2 is 2.14 bits per heavy atom. The Labute approximate surface area is 202 Å². The highest BCUT2D eigenvalue weighted by Gasteiger charge is 2.31. The van der Waals surface area contributed by atoms with Gasteiger partial charge in [-0.3, -0.25) is 9.78 Å². The summed E-state index contributed by atoms with van der Waals surface area (Å²) in [7, 11) is 1.68. The van der Waals surface area contributed by atoms with Gasteiger partial charge in [-0.1, -0.05) is 0 Å². The van der Waals surface area contributed by atoms with Crippen LogP contribution < -0.4 is 10.6 Å². The Morgan fingerprint density at radius 1 is 1.37 bits per heavy atom. The fourth-order valence-corrected chi connectivity index (χ4v) is 4.12. The van der Waals surface area contributed by atoms with Crippen molar-refractivity contribution in [3.8, 4) is 17.5 Å². The largest absolute Gasteiger partial charge is 0.387 e. The number of anilines is 1. The first-order valence-electron chi connectivity index (χ1n) is 11.5. The van der Waals surface area contributed by atoms with Crippen molar-refractivity contribution >= 4 is 17.1 Å². The van der Waals surface area contributed by atoms with Crippen molar-refractivity contribution in [1.29, 1.82) is 5.26 Å². The van der Waals surface area contributed by atoms with Crippen LogP contribution in [-0.4, -0.2) is 63.7 Å². The van der Waals surface area contributed by atoms with Gasteiger partial charge in [0.25, 0.3) is 5.91 Å². The standard InChI is InChI=1S/C25H29FN6O3/c1-25(2,34)23(26)13-29-24(33)19-12-28-21(9-20(19)31-17-6-15(7-17)14-35-3)22-5-4-18-8-16(10-27)11-30-32(18)22/h4-5,8-9,11-12,15,17,23,34H,6-7,13-14H2,1-3H3,(H,28,31)(H,29,33). The molecular weight excluding hydrogens is 451 g/mol. The van der Waals surface area contributed by atoms with Gasteiger partial charge in [0.1, 0.15) is 12.2 Å². The SMILES string of the molecule is COCC1CC(Nc2cc(-c3ccc4cc(C#N)cnn34)ncc2C(=O)NCC(F)C(C)(C)O)C1. The number of pyridine rings is 1. The number of methoxy groups -OCH3 is 1. The van der Waals surface area contributed by atoms with E-state index in [1.807, 2.05) is 12.1 Å². The second-order valence-electron chi connectivity index (χ2n) is 9.49. The minimum atomic E-state index is -1.62. The van der Waals surface area contributed by atoms with Crippen LogP contribution in [0, 0.1) is 17.2 Å². The zero-order valence-electron chi connectivity index (χ0n) is 20.0. The third-order valence-electron chi connectivity index (χ3n) is 6.25. The van der Waals surface area contributed by atoms with Gasteiger partial charge < -0.3 is 20.5 Å². The molecule has 3 aromatic rings. The molecule has 1 saturated carbocycles. The number of hydrogen-bond donors (Lipinski definition) is 3. The molecule has 184 valence electrons. The van der Waals surface area contributed by atoms with E-state index >= 15 is 0 Å². The van der Waals surface area contributed by atoms with Crippen LogP contribution in [0.25, 0.3) is 16.9 Å². The van der Waals surface area contributed by atoms with Gasteiger partial charge in [0.05, 0.1) is 52.1 Å². The molecule has 1 fully saturated rings. The molecule has 1 unspecified atom stereocenters. The molecule has 1 aliphatic carbocycles. The van der Waals surface area contributed by atoms with Crippen molar-refractivity contribution in [1.82, 2.24) is 19.9 Å². The molecule has 1 atom stereocenters. The van der Waals surface area contributed by atoms with Crippen molar-refractivity contribution in [2.24, 2.45) is 5.92 Å². The summed E-state index contributed by atoms with van der Waals surface area (Å²) in [4.78, 5) is 17.4. The molecule has 3 N–H and O–H groups in total. The first kappa shape index (κ1) is 24.6. The Kier molecular flexibility index (Phi) is 7.00. The summed E-state index contributed by atoms with van der Waals surface area (Å²) < 4.78 is 21.1. The smallest absolute Gasteiger partial charge is 0.255 e. The van der Waals surface area contributed by atoms with E-state index in [-0.39, 0.29) is 18.2 Å². The van der Waals surface area contributed by atoms with E-state index in [9.17, 15) is 14.3 Å². The van der Waals surface area contributed by atoms with E-state index in [1.165, 1.54) is 26.2 Å². The van der Waals surface area contributed by atoms with Gasteiger partial charge in [-0.2, -0.15) is 10.4 Å². The Bertz CT molecular complexity index is 1260. The summed E-state index contributed by atoms with van der Waals surface area (Å²) >= 11 is 0. The predicted octanol–water partition coefficient (Wildman–Crippen LogP) is 2.94. The van der Waals surface area contributed by atoms with Crippen LogP contribution >= 0.6 is 0 Å². The number of nitriles is 1. The van der Waals surface area contributed by atoms with Gasteiger partial charge in [0, 0.05) is 26.0 Å². The number of ether oxygens (including phenoxy) is 1. The molecule has 3 heterocycles. The number of fused-ring (bicyclic) bond motifs is 1. The summed E-state index contributed by atoms with van der Waals surface area (Å²) in [6.45, 7) is 3.08. The predicted molar refractivity (Wildman–Crippen MR) is 129 cm³/mol. The van der Waals surface area contributed by atoms with E-state index in [4.69, 9.17) is 10.00 Å². The quantitative estimate of drug-likeness (QED) is 0.430. The molecule has 0 aromatic carbocycles. The number of amides is 1. The molecule has 0 saturated heterocycles. The number of carbonyl (C=O) groups is 1. The molecule has 10 heteroatoms. The van der Waals surface area contributed by atoms with Crippen LogP contribution in [0.2, 0.25) is 0 Å². The zero-order chi connectivity index (χ0) is 25.2. The van der Waals surface area contributed by atoms with Crippen LogP contribution in [0.3, 0.4) is 0 Å². The fraction of sp³-hybridized carbons (Fsp3) is 0.440. The lowest BCUT2D eigenvalue weighted by Crippen LogP contribution is -2.42. The highest BCUT2D eigenvalue weighted by Crippen LogP contribution is 2.33. The molecule has 9 nitrogen and oxygen atoms in total.